The first-order valence-corrected chi connectivity index (χ1v) is 6.92. The Morgan fingerprint density at radius 1 is 0.737 bits per heavy atom. The zero-order valence-electron chi connectivity index (χ0n) is 10.1. The molecule has 2 N–H and O–H groups in total. The molecule has 2 nitrogen and oxygen atoms in total. The van der Waals surface area contributed by atoms with Crippen LogP contribution in [0, 0.1) is 0 Å². The van der Waals surface area contributed by atoms with E-state index >= 15 is 0 Å². The maximum atomic E-state index is 6.08. The number of nitrogens with one attached hydrogen (secondary N) is 2. The molecule has 0 spiro atoms. The van der Waals surface area contributed by atoms with E-state index in [4.69, 9.17) is 34.8 Å². The van der Waals surface area contributed by atoms with Crippen LogP contribution in [-0.4, -0.2) is 0 Å². The largest absolute Gasteiger partial charge is 0.253 e. The lowest BCUT2D eigenvalue weighted by Crippen LogP contribution is -2.30. The molecule has 0 aliphatic carbocycles. The fourth-order valence-corrected chi connectivity index (χ4v) is 2.19. The number of hydrogen-bond acceptors (Lipinski definition) is 2. The van der Waals surface area contributed by atoms with Gasteiger partial charge in [0, 0.05) is 28.2 Å². The van der Waals surface area contributed by atoms with Crippen LogP contribution in [0.4, 0.5) is 0 Å². The minimum absolute atomic E-state index is 0.629. The molecule has 2 aromatic rings. The van der Waals surface area contributed by atoms with E-state index in [1.807, 2.05) is 36.4 Å². The highest BCUT2D eigenvalue weighted by Crippen LogP contribution is 2.20. The van der Waals surface area contributed by atoms with Crippen molar-refractivity contribution in [2.24, 2.45) is 0 Å². The summed E-state index contributed by atoms with van der Waals surface area (Å²) in [7, 11) is 0. The number of halogens is 3. The summed E-state index contributed by atoms with van der Waals surface area (Å²) < 4.78 is 0. The van der Waals surface area contributed by atoms with Gasteiger partial charge in [0.25, 0.3) is 0 Å². The molecule has 0 atom stereocenters. The van der Waals surface area contributed by atoms with Gasteiger partial charge in [-0.15, -0.1) is 0 Å². The van der Waals surface area contributed by atoms with Gasteiger partial charge >= 0.3 is 0 Å². The van der Waals surface area contributed by atoms with E-state index in [1.54, 1.807) is 6.07 Å². The van der Waals surface area contributed by atoms with Gasteiger partial charge in [-0.2, -0.15) is 0 Å². The van der Waals surface area contributed by atoms with Crippen molar-refractivity contribution in [3.63, 3.8) is 0 Å². The first-order valence-electron chi connectivity index (χ1n) is 5.79. The van der Waals surface area contributed by atoms with Crippen molar-refractivity contribution in [1.82, 2.24) is 10.9 Å². The third-order valence-corrected chi connectivity index (χ3v) is 3.46. The summed E-state index contributed by atoms with van der Waals surface area (Å²) in [6.45, 7) is 1.34. The Kier molecular flexibility index (Phi) is 5.49. The Balaban J connectivity index is 1.79. The van der Waals surface area contributed by atoms with Gasteiger partial charge in [-0.1, -0.05) is 53.0 Å². The summed E-state index contributed by atoms with van der Waals surface area (Å²) in [4.78, 5) is 0. The predicted molar refractivity (Wildman–Crippen MR) is 81.6 cm³/mol. The van der Waals surface area contributed by atoms with Crippen LogP contribution < -0.4 is 10.9 Å². The summed E-state index contributed by atoms with van der Waals surface area (Å²) in [5.74, 6) is 0. The summed E-state index contributed by atoms with van der Waals surface area (Å²) in [5, 5.41) is 2.04. The maximum Gasteiger partial charge on any atom is 0.0466 e. The SMILES string of the molecule is Clc1ccc(CNNCc2ccc(Cl)cc2Cl)cc1. The van der Waals surface area contributed by atoms with Crippen molar-refractivity contribution in [2.45, 2.75) is 13.1 Å². The second-order valence-corrected chi connectivity index (χ2v) is 5.35. The standard InChI is InChI=1S/C14H13Cl3N2/c15-12-4-1-10(2-5-12)8-18-19-9-11-3-6-13(16)7-14(11)17/h1-7,18-19H,8-9H2. The van der Waals surface area contributed by atoms with Crippen molar-refractivity contribution >= 4 is 34.8 Å². The van der Waals surface area contributed by atoms with Crippen molar-refractivity contribution < 1.29 is 0 Å². The van der Waals surface area contributed by atoms with Crippen molar-refractivity contribution in [3.05, 3.63) is 68.7 Å². The summed E-state index contributed by atoms with van der Waals surface area (Å²) in [6.07, 6.45) is 0. The van der Waals surface area contributed by atoms with Gasteiger partial charge in [-0.25, -0.2) is 0 Å². The van der Waals surface area contributed by atoms with Gasteiger partial charge in [0.2, 0.25) is 0 Å². The lowest BCUT2D eigenvalue weighted by molar-refractivity contribution is 0.530. The van der Waals surface area contributed by atoms with E-state index in [-0.39, 0.29) is 0 Å². The third-order valence-electron chi connectivity index (χ3n) is 2.62. The van der Waals surface area contributed by atoms with Gasteiger partial charge in [-0.3, -0.25) is 10.9 Å². The van der Waals surface area contributed by atoms with E-state index in [0.29, 0.717) is 23.1 Å². The molecule has 19 heavy (non-hydrogen) atoms. The molecule has 0 aliphatic heterocycles. The second-order valence-electron chi connectivity index (χ2n) is 4.07. The Labute approximate surface area is 127 Å². The van der Waals surface area contributed by atoms with Crippen molar-refractivity contribution in [3.8, 4) is 0 Å². The first-order chi connectivity index (χ1) is 9.15. The van der Waals surface area contributed by atoms with Crippen LogP contribution in [-0.2, 0) is 13.1 Å². The highest BCUT2D eigenvalue weighted by atomic mass is 35.5. The lowest BCUT2D eigenvalue weighted by Gasteiger charge is -2.09. The molecule has 0 saturated carbocycles. The van der Waals surface area contributed by atoms with Crippen LogP contribution in [0.2, 0.25) is 15.1 Å². The molecular formula is C14H13Cl3N2. The van der Waals surface area contributed by atoms with Gasteiger partial charge in [0.15, 0.2) is 0 Å². The Bertz CT molecular complexity index is 541. The normalized spacial score (nSPS) is 10.7. The van der Waals surface area contributed by atoms with E-state index < -0.39 is 0 Å². The number of benzene rings is 2. The minimum Gasteiger partial charge on any atom is -0.253 e. The van der Waals surface area contributed by atoms with Crippen LogP contribution in [0.15, 0.2) is 42.5 Å². The average molecular weight is 316 g/mol. The molecule has 0 saturated heterocycles. The second kappa shape index (κ2) is 7.13. The van der Waals surface area contributed by atoms with Gasteiger partial charge in [0.1, 0.15) is 0 Å². The Hall–Kier alpha value is -0.770. The Morgan fingerprint density at radius 2 is 1.37 bits per heavy atom. The predicted octanol–water partition coefficient (Wildman–Crippen LogP) is 4.44. The van der Waals surface area contributed by atoms with Crippen molar-refractivity contribution in [1.29, 1.82) is 0 Å². The molecule has 5 heteroatoms. The van der Waals surface area contributed by atoms with Crippen LogP contribution in [0.3, 0.4) is 0 Å². The van der Waals surface area contributed by atoms with E-state index in [1.165, 1.54) is 0 Å². The first kappa shape index (κ1) is 14.6. The molecule has 2 aromatic carbocycles. The molecule has 0 fully saturated rings. The summed E-state index contributed by atoms with van der Waals surface area (Å²) in [5.41, 5.74) is 8.39. The van der Waals surface area contributed by atoms with Crippen LogP contribution in [0.1, 0.15) is 11.1 Å². The molecule has 2 rings (SSSR count). The fraction of sp³-hybridized carbons (Fsp3) is 0.143. The average Bonchev–Trinajstić information content (AvgIpc) is 2.39. The Morgan fingerprint density at radius 3 is 2.05 bits per heavy atom. The third kappa shape index (κ3) is 4.68. The molecule has 0 aliphatic rings. The van der Waals surface area contributed by atoms with Gasteiger partial charge < -0.3 is 0 Å². The minimum atomic E-state index is 0.629. The highest BCUT2D eigenvalue weighted by Gasteiger charge is 2.00. The molecule has 0 unspecified atom stereocenters. The van der Waals surface area contributed by atoms with Gasteiger partial charge in [-0.05, 0) is 35.4 Å². The molecule has 0 bridgehead atoms. The maximum absolute atomic E-state index is 6.08. The lowest BCUT2D eigenvalue weighted by atomic mass is 10.2. The zero-order valence-corrected chi connectivity index (χ0v) is 12.4. The molecule has 100 valence electrons. The van der Waals surface area contributed by atoms with E-state index in [0.717, 1.165) is 16.1 Å². The topological polar surface area (TPSA) is 24.1 Å². The number of rotatable bonds is 5. The smallest absolute Gasteiger partial charge is 0.0466 e. The molecule has 0 radical (unpaired) electrons. The molecule has 0 heterocycles. The van der Waals surface area contributed by atoms with Crippen LogP contribution in [0.25, 0.3) is 0 Å². The molecule has 0 aromatic heterocycles. The molecular weight excluding hydrogens is 303 g/mol. The van der Waals surface area contributed by atoms with Gasteiger partial charge in [0.05, 0.1) is 0 Å². The molecule has 0 amide bonds. The van der Waals surface area contributed by atoms with Crippen LogP contribution in [0.5, 0.6) is 0 Å². The number of hydrazine groups is 1. The fourth-order valence-electron chi connectivity index (χ4n) is 1.59. The summed E-state index contributed by atoms with van der Waals surface area (Å²) in [6, 6.07) is 13.2. The monoisotopic (exact) mass is 314 g/mol. The van der Waals surface area contributed by atoms with Crippen LogP contribution >= 0.6 is 34.8 Å². The zero-order chi connectivity index (χ0) is 13.7. The van der Waals surface area contributed by atoms with E-state index in [9.17, 15) is 0 Å². The highest BCUT2D eigenvalue weighted by molar-refractivity contribution is 6.35. The van der Waals surface area contributed by atoms with Crippen molar-refractivity contribution in [2.75, 3.05) is 0 Å². The summed E-state index contributed by atoms with van der Waals surface area (Å²) >= 11 is 17.7. The quantitative estimate of drug-likeness (QED) is 0.629. The number of hydrogen-bond donors (Lipinski definition) is 2. The van der Waals surface area contributed by atoms with E-state index in [2.05, 4.69) is 10.9 Å².